The van der Waals surface area contributed by atoms with Gasteiger partial charge in [-0.3, -0.25) is 0 Å². The molecule has 1 aromatic heterocycles. The zero-order valence-corrected chi connectivity index (χ0v) is 12.4. The molecule has 1 saturated heterocycles. The van der Waals surface area contributed by atoms with Crippen LogP contribution in [-0.2, 0) is 10.0 Å². The van der Waals surface area contributed by atoms with Crippen molar-refractivity contribution in [3.8, 4) is 0 Å². The molecule has 0 N–H and O–H groups in total. The van der Waals surface area contributed by atoms with Gasteiger partial charge in [-0.25, -0.2) is 13.4 Å². The lowest BCUT2D eigenvalue weighted by Gasteiger charge is -2.37. The van der Waals surface area contributed by atoms with Crippen LogP contribution in [0.25, 0.3) is 0 Å². The summed E-state index contributed by atoms with van der Waals surface area (Å²) < 4.78 is 27.0. The first-order chi connectivity index (χ1) is 8.43. The molecule has 6 heteroatoms. The molecule has 0 radical (unpaired) electrons. The van der Waals surface area contributed by atoms with Crippen molar-refractivity contribution in [1.82, 2.24) is 9.29 Å². The van der Waals surface area contributed by atoms with E-state index in [1.54, 1.807) is 10.5 Å². The second-order valence-corrected chi connectivity index (χ2v) is 8.99. The van der Waals surface area contributed by atoms with E-state index in [0.717, 1.165) is 11.3 Å². The highest BCUT2D eigenvalue weighted by Gasteiger charge is 2.50. The Hall–Kier alpha value is -0.460. The molecule has 2 fully saturated rings. The predicted octanol–water partition coefficient (Wildman–Crippen LogP) is 2.40. The van der Waals surface area contributed by atoms with Crippen LogP contribution in [-0.4, -0.2) is 30.3 Å². The summed E-state index contributed by atoms with van der Waals surface area (Å²) >= 11 is 1.27. The quantitative estimate of drug-likeness (QED) is 0.839. The molecule has 1 aliphatic heterocycles. The molecule has 3 rings (SSSR count). The number of aromatic nitrogens is 1. The zero-order valence-electron chi connectivity index (χ0n) is 10.7. The Bertz CT molecular complexity index is 560. The maximum Gasteiger partial charge on any atom is 0.270 e. The first-order valence-corrected chi connectivity index (χ1v) is 8.63. The van der Waals surface area contributed by atoms with Gasteiger partial charge in [0.05, 0.1) is 0 Å². The Labute approximate surface area is 112 Å². The summed E-state index contributed by atoms with van der Waals surface area (Å²) in [6.07, 6.45) is 6.26. The van der Waals surface area contributed by atoms with E-state index in [4.69, 9.17) is 0 Å². The van der Waals surface area contributed by atoms with Gasteiger partial charge in [0.15, 0.2) is 0 Å². The molecular weight excluding hydrogens is 268 g/mol. The van der Waals surface area contributed by atoms with E-state index in [9.17, 15) is 8.42 Å². The third kappa shape index (κ3) is 1.82. The van der Waals surface area contributed by atoms with Crippen molar-refractivity contribution >= 4 is 21.4 Å². The van der Waals surface area contributed by atoms with Crippen molar-refractivity contribution in [3.63, 3.8) is 0 Å². The van der Waals surface area contributed by atoms with Gasteiger partial charge in [-0.2, -0.15) is 4.31 Å². The minimum Gasteiger partial charge on any atom is -0.232 e. The van der Waals surface area contributed by atoms with Crippen LogP contribution in [0.2, 0.25) is 0 Å². The van der Waals surface area contributed by atoms with Crippen LogP contribution < -0.4 is 0 Å². The maximum atomic E-state index is 12.6. The van der Waals surface area contributed by atoms with Gasteiger partial charge in [0, 0.05) is 23.7 Å². The van der Waals surface area contributed by atoms with Gasteiger partial charge in [0.25, 0.3) is 10.0 Å². The Balaban J connectivity index is 1.90. The highest BCUT2D eigenvalue weighted by molar-refractivity contribution is 7.91. The first kappa shape index (κ1) is 12.6. The van der Waals surface area contributed by atoms with Crippen LogP contribution >= 0.6 is 11.3 Å². The van der Waals surface area contributed by atoms with Crippen molar-refractivity contribution in [3.05, 3.63) is 11.1 Å². The highest BCUT2D eigenvalue weighted by atomic mass is 32.2. The number of nitrogens with zero attached hydrogens (tertiary/aromatic N) is 2. The molecule has 2 heterocycles. The molecule has 100 valence electrons. The summed E-state index contributed by atoms with van der Waals surface area (Å²) in [7, 11) is -3.37. The normalized spacial score (nSPS) is 27.6. The predicted molar refractivity (Wildman–Crippen MR) is 71.1 cm³/mol. The van der Waals surface area contributed by atoms with Crippen LogP contribution in [0.4, 0.5) is 0 Å². The minimum absolute atomic E-state index is 0.111. The number of sulfonamides is 1. The van der Waals surface area contributed by atoms with Gasteiger partial charge in [-0.05, 0) is 38.5 Å². The van der Waals surface area contributed by atoms with Crippen molar-refractivity contribution < 1.29 is 8.42 Å². The standard InChI is InChI=1S/C12H18N2O2S2/c1-9-6-12(4-3-5-12)8-14(9)18(15,16)11-13-7-10(2)17-11/h7,9H,3-6,8H2,1-2H3. The molecular formula is C12H18N2O2S2. The van der Waals surface area contributed by atoms with E-state index in [1.165, 1.54) is 30.6 Å². The average Bonchev–Trinajstić information content (AvgIpc) is 2.81. The molecule has 1 atom stereocenters. The Morgan fingerprint density at radius 1 is 1.50 bits per heavy atom. The van der Waals surface area contributed by atoms with Crippen LogP contribution in [0, 0.1) is 12.3 Å². The maximum absolute atomic E-state index is 12.6. The van der Waals surface area contributed by atoms with E-state index in [-0.39, 0.29) is 15.8 Å². The molecule has 1 spiro atoms. The average molecular weight is 286 g/mol. The van der Waals surface area contributed by atoms with E-state index in [0.29, 0.717) is 6.54 Å². The lowest BCUT2D eigenvalue weighted by atomic mass is 9.68. The zero-order chi connectivity index (χ0) is 13.0. The van der Waals surface area contributed by atoms with Crippen LogP contribution in [0.5, 0.6) is 0 Å². The van der Waals surface area contributed by atoms with Gasteiger partial charge in [0.2, 0.25) is 4.34 Å². The summed E-state index contributed by atoms with van der Waals surface area (Å²) in [5.74, 6) is 0. The second-order valence-electron chi connectivity index (χ2n) is 5.69. The molecule has 0 amide bonds. The van der Waals surface area contributed by atoms with Crippen molar-refractivity contribution in [1.29, 1.82) is 0 Å². The molecule has 0 bridgehead atoms. The summed E-state index contributed by atoms with van der Waals surface area (Å²) in [6.45, 7) is 4.59. The molecule has 0 aromatic carbocycles. The second kappa shape index (κ2) is 4.02. The fraction of sp³-hybridized carbons (Fsp3) is 0.750. The molecule has 4 nitrogen and oxygen atoms in total. The van der Waals surface area contributed by atoms with E-state index >= 15 is 0 Å². The topological polar surface area (TPSA) is 50.3 Å². The Morgan fingerprint density at radius 3 is 2.67 bits per heavy atom. The van der Waals surface area contributed by atoms with Crippen LogP contribution in [0.1, 0.15) is 37.5 Å². The number of aryl methyl sites for hydroxylation is 1. The lowest BCUT2D eigenvalue weighted by Crippen LogP contribution is -2.37. The van der Waals surface area contributed by atoms with E-state index < -0.39 is 10.0 Å². The third-order valence-corrected chi connectivity index (χ3v) is 7.50. The molecule has 18 heavy (non-hydrogen) atoms. The van der Waals surface area contributed by atoms with Gasteiger partial charge < -0.3 is 0 Å². The molecule has 1 unspecified atom stereocenters. The SMILES string of the molecule is Cc1cnc(S(=O)(=O)N2CC3(CCC3)CC2C)s1. The van der Waals surface area contributed by atoms with Crippen LogP contribution in [0.3, 0.4) is 0 Å². The fourth-order valence-electron chi connectivity index (χ4n) is 3.19. The lowest BCUT2D eigenvalue weighted by molar-refractivity contribution is 0.152. The summed E-state index contributed by atoms with van der Waals surface area (Å²) in [4.78, 5) is 4.99. The monoisotopic (exact) mass is 286 g/mol. The molecule has 2 aliphatic rings. The van der Waals surface area contributed by atoms with Crippen molar-refractivity contribution in [2.24, 2.45) is 5.41 Å². The highest BCUT2D eigenvalue weighted by Crippen LogP contribution is 2.51. The molecule has 1 aliphatic carbocycles. The molecule has 1 aromatic rings. The fourth-order valence-corrected chi connectivity index (χ4v) is 6.16. The van der Waals surface area contributed by atoms with E-state index in [1.807, 2.05) is 13.8 Å². The number of thiazole rings is 1. The smallest absolute Gasteiger partial charge is 0.232 e. The van der Waals surface area contributed by atoms with Gasteiger partial charge >= 0.3 is 0 Å². The summed E-state index contributed by atoms with van der Waals surface area (Å²) in [6, 6.07) is 0.111. The summed E-state index contributed by atoms with van der Waals surface area (Å²) in [5, 5.41) is 0. The minimum atomic E-state index is -3.37. The van der Waals surface area contributed by atoms with Crippen LogP contribution in [0.15, 0.2) is 10.5 Å². The van der Waals surface area contributed by atoms with E-state index in [2.05, 4.69) is 4.98 Å². The van der Waals surface area contributed by atoms with Gasteiger partial charge in [0.1, 0.15) is 0 Å². The first-order valence-electron chi connectivity index (χ1n) is 6.37. The third-order valence-electron chi connectivity index (χ3n) is 4.25. The number of hydrogen-bond donors (Lipinski definition) is 0. The van der Waals surface area contributed by atoms with Gasteiger partial charge in [-0.15, -0.1) is 11.3 Å². The Morgan fingerprint density at radius 2 is 2.22 bits per heavy atom. The Kier molecular flexibility index (Phi) is 2.80. The van der Waals surface area contributed by atoms with Crippen molar-refractivity contribution in [2.75, 3.05) is 6.54 Å². The van der Waals surface area contributed by atoms with Crippen molar-refractivity contribution in [2.45, 2.75) is 49.9 Å². The number of rotatable bonds is 2. The van der Waals surface area contributed by atoms with Gasteiger partial charge in [-0.1, -0.05) is 6.42 Å². The molecule has 1 saturated carbocycles. The number of hydrogen-bond acceptors (Lipinski definition) is 4. The summed E-state index contributed by atoms with van der Waals surface area (Å²) in [5.41, 5.74) is 0.277. The largest absolute Gasteiger partial charge is 0.270 e.